The van der Waals surface area contributed by atoms with Crippen LogP contribution in [-0.4, -0.2) is 6.10 Å². The van der Waals surface area contributed by atoms with Crippen molar-refractivity contribution in [3.05, 3.63) is 36.9 Å². The van der Waals surface area contributed by atoms with Gasteiger partial charge in [-0.2, -0.15) is 7.05 Å². The van der Waals surface area contributed by atoms with E-state index in [-0.39, 0.29) is 7.53 Å². The van der Waals surface area contributed by atoms with Gasteiger partial charge in [0.2, 0.25) is 0 Å². The Morgan fingerprint density at radius 1 is 1.46 bits per heavy atom. The normalized spacial score (nSPS) is 10.5. The third-order valence-corrected chi connectivity index (χ3v) is 1.70. The predicted molar refractivity (Wildman–Crippen MR) is 55.3 cm³/mol. The minimum Gasteiger partial charge on any atom is -0.490 e. The van der Waals surface area contributed by atoms with Crippen LogP contribution in [0.3, 0.4) is 0 Å². The van der Waals surface area contributed by atoms with Gasteiger partial charge in [0.15, 0.2) is 0 Å². The molecule has 1 aromatic carbocycles. The van der Waals surface area contributed by atoms with Gasteiger partial charge in [0.05, 0.1) is 12.6 Å². The molecule has 0 aliphatic carbocycles. The number of benzene rings is 1. The first-order chi connectivity index (χ1) is 6.24. The minimum atomic E-state index is 0. The van der Waals surface area contributed by atoms with Crippen molar-refractivity contribution in [1.29, 1.82) is 0 Å². The maximum absolute atomic E-state index is 5.65. The summed E-state index contributed by atoms with van der Waals surface area (Å²) in [6.07, 6.45) is 0.228. The molecule has 0 fully saturated rings. The van der Waals surface area contributed by atoms with E-state index in [9.17, 15) is 0 Å². The van der Waals surface area contributed by atoms with Gasteiger partial charge in [-0.25, -0.2) is 0 Å². The summed E-state index contributed by atoms with van der Waals surface area (Å²) in [6, 6.07) is 8.08. The average molecular weight is 181 g/mol. The first-order valence-electron chi connectivity index (χ1n) is 4.59. The fraction of sp³-hybridized carbons (Fsp3) is 0.364. The molecule has 1 rings (SSSR count). The monoisotopic (exact) mass is 181 g/mol. The van der Waals surface area contributed by atoms with Gasteiger partial charge in [0, 0.05) is 6.99 Å². The largest absolute Gasteiger partial charge is 0.490 e. The third-order valence-electron chi connectivity index (χ3n) is 1.70. The number of ether oxygens (including phenoxy) is 1. The summed E-state index contributed by atoms with van der Waals surface area (Å²) in [5.41, 5.74) is 1.20. The Hall–Kier alpha value is -1.02. The quantitative estimate of drug-likeness (QED) is 0.701. The lowest BCUT2D eigenvalue weighted by molar-refractivity contribution is -0.612. The second-order valence-electron chi connectivity index (χ2n) is 3.27. The Labute approximate surface area is 81.4 Å². The first-order valence-corrected chi connectivity index (χ1v) is 4.59. The highest BCUT2D eigenvalue weighted by Crippen LogP contribution is 2.17. The smallest absolute Gasteiger partial charge is 0.128 e. The fourth-order valence-corrected chi connectivity index (χ4v) is 1.20. The molecule has 0 radical (unpaired) electrons. The molecule has 1 aromatic rings. The van der Waals surface area contributed by atoms with E-state index in [4.69, 9.17) is 4.74 Å². The van der Waals surface area contributed by atoms with Crippen molar-refractivity contribution < 1.29 is 11.5 Å². The highest BCUT2D eigenvalue weighted by Gasteiger charge is 2.03. The Morgan fingerprint density at radius 2 is 2.15 bits per heavy atom. The molecule has 74 valence electrons. The van der Waals surface area contributed by atoms with Crippen molar-refractivity contribution in [1.82, 2.24) is 0 Å². The predicted octanol–water partition coefficient (Wildman–Crippen LogP) is 1.57. The number of para-hydroxylation sites is 1. The van der Waals surface area contributed by atoms with Crippen molar-refractivity contribution in [2.75, 3.05) is 0 Å². The zero-order valence-corrected chi connectivity index (χ0v) is 8.29. The highest BCUT2D eigenvalue weighted by molar-refractivity contribution is 5.32. The topological polar surface area (TPSA) is 25.8 Å². The fourth-order valence-electron chi connectivity index (χ4n) is 1.20. The van der Waals surface area contributed by atoms with Crippen molar-refractivity contribution in [2.24, 2.45) is 0 Å². The van der Waals surface area contributed by atoms with Crippen molar-refractivity contribution in [3.8, 4) is 5.75 Å². The van der Waals surface area contributed by atoms with E-state index in [1.165, 1.54) is 5.56 Å². The Kier molecular flexibility index (Phi) is 3.77. The summed E-state index contributed by atoms with van der Waals surface area (Å²) in [7, 11) is 3.72. The van der Waals surface area contributed by atoms with Crippen LogP contribution in [0.15, 0.2) is 24.3 Å². The van der Waals surface area contributed by atoms with Gasteiger partial charge in [-0.15, -0.1) is 0 Å². The van der Waals surface area contributed by atoms with Crippen LogP contribution in [0.2, 0.25) is 0 Å². The van der Waals surface area contributed by atoms with Crippen LogP contribution >= 0.6 is 0 Å². The van der Waals surface area contributed by atoms with E-state index in [0.29, 0.717) is 0 Å². The summed E-state index contributed by atoms with van der Waals surface area (Å²) >= 11 is 0. The number of hydrogen-bond acceptors (Lipinski definition) is 1. The molecule has 13 heavy (non-hydrogen) atoms. The van der Waals surface area contributed by atoms with E-state index < -0.39 is 0 Å². The van der Waals surface area contributed by atoms with Crippen molar-refractivity contribution in [3.63, 3.8) is 0 Å². The average Bonchev–Trinajstić information content (AvgIpc) is 2.08. The molecule has 2 nitrogen and oxygen atoms in total. The molecule has 0 amide bonds. The molecule has 2 N–H and O–H groups in total. The number of hydrogen-bond donors (Lipinski definition) is 1. The highest BCUT2D eigenvalue weighted by atomic mass is 16.5. The molecule has 0 bridgehead atoms. The van der Waals surface area contributed by atoms with E-state index in [2.05, 4.69) is 13.1 Å². The van der Waals surface area contributed by atoms with E-state index in [0.717, 1.165) is 12.3 Å². The number of nitrogens with two attached hydrogens (primary N) is 1. The molecule has 0 heterocycles. The molecule has 0 aliphatic rings. The Bertz CT molecular complexity index is 263. The lowest BCUT2D eigenvalue weighted by atomic mass is 10.2. The van der Waals surface area contributed by atoms with Gasteiger partial charge >= 0.3 is 0 Å². The standard InChI is InChI=1S/C11H17NO.H2/c1-9(2)13-11-7-5-4-6-10(11)8-12-3;/h4-7,9H,3,8,12H2,1-2H3;1H. The second kappa shape index (κ2) is 4.87. The van der Waals surface area contributed by atoms with Crippen LogP contribution in [0.5, 0.6) is 5.75 Å². The molecule has 0 saturated heterocycles. The Balaban J connectivity index is 0.00000169. The van der Waals surface area contributed by atoms with Crippen LogP contribution in [0, 0.1) is 7.05 Å². The van der Waals surface area contributed by atoms with Crippen molar-refractivity contribution in [2.45, 2.75) is 26.5 Å². The zero-order chi connectivity index (χ0) is 9.68. The van der Waals surface area contributed by atoms with Crippen LogP contribution in [0.25, 0.3) is 0 Å². The molecule has 0 aromatic heterocycles. The molecular formula is C11H19NO. The maximum atomic E-state index is 5.65. The Morgan fingerprint density at radius 3 is 2.77 bits per heavy atom. The van der Waals surface area contributed by atoms with Crippen LogP contribution in [0.1, 0.15) is 20.8 Å². The SMILES string of the molecule is [CH2-][NH2+]Cc1ccccc1OC(C)C.[HH]. The first kappa shape index (κ1) is 10.1. The molecule has 0 spiro atoms. The number of quaternary nitrogens is 1. The number of rotatable bonds is 4. The molecular weight excluding hydrogens is 162 g/mol. The van der Waals surface area contributed by atoms with E-state index in [1.54, 1.807) is 0 Å². The van der Waals surface area contributed by atoms with Gasteiger partial charge < -0.3 is 10.1 Å². The van der Waals surface area contributed by atoms with E-state index in [1.807, 2.05) is 37.4 Å². The van der Waals surface area contributed by atoms with Gasteiger partial charge in [-0.05, 0) is 26.0 Å². The molecule has 2 heteroatoms. The summed E-state index contributed by atoms with van der Waals surface area (Å²) in [5.74, 6) is 0.970. The molecule has 0 unspecified atom stereocenters. The molecule has 0 saturated carbocycles. The molecule has 0 aliphatic heterocycles. The van der Waals surface area contributed by atoms with Crippen LogP contribution in [-0.2, 0) is 6.54 Å². The zero-order valence-electron chi connectivity index (χ0n) is 8.29. The van der Waals surface area contributed by atoms with Crippen molar-refractivity contribution >= 4 is 0 Å². The third kappa shape index (κ3) is 3.07. The molecule has 0 atom stereocenters. The summed E-state index contributed by atoms with van der Waals surface area (Å²) in [4.78, 5) is 0. The summed E-state index contributed by atoms with van der Waals surface area (Å²) < 4.78 is 5.65. The van der Waals surface area contributed by atoms with E-state index >= 15 is 0 Å². The van der Waals surface area contributed by atoms with Gasteiger partial charge in [-0.1, -0.05) is 12.1 Å². The lowest BCUT2D eigenvalue weighted by Crippen LogP contribution is -2.74. The second-order valence-corrected chi connectivity index (χ2v) is 3.27. The minimum absolute atomic E-state index is 0. The van der Waals surface area contributed by atoms with Crippen LogP contribution < -0.4 is 10.1 Å². The van der Waals surface area contributed by atoms with Gasteiger partial charge in [-0.3, -0.25) is 0 Å². The maximum Gasteiger partial charge on any atom is 0.128 e. The van der Waals surface area contributed by atoms with Gasteiger partial charge in [0.1, 0.15) is 5.75 Å². The summed E-state index contributed by atoms with van der Waals surface area (Å²) in [6.45, 7) is 4.93. The summed E-state index contributed by atoms with van der Waals surface area (Å²) in [5, 5.41) is 1.89. The van der Waals surface area contributed by atoms with Crippen LogP contribution in [0.4, 0.5) is 0 Å². The van der Waals surface area contributed by atoms with Gasteiger partial charge in [0.25, 0.3) is 0 Å². The lowest BCUT2D eigenvalue weighted by Gasteiger charge is -2.13.